The first-order valence-electron chi connectivity index (χ1n) is 18.8. The highest BCUT2D eigenvalue weighted by atomic mass is 32.1. The van der Waals surface area contributed by atoms with Crippen LogP contribution >= 0.6 is 11.3 Å². The quantitative estimate of drug-likeness (QED) is 0.180. The Labute approximate surface area is 317 Å². The number of thiazole rings is 1. The number of esters is 2. The molecule has 2 aromatic rings. The van der Waals surface area contributed by atoms with Gasteiger partial charge in [-0.05, 0) is 94.1 Å². The summed E-state index contributed by atoms with van der Waals surface area (Å²) in [6, 6.07) is 3.63. The predicted molar refractivity (Wildman–Crippen MR) is 201 cm³/mol. The van der Waals surface area contributed by atoms with Crippen LogP contribution in [0.1, 0.15) is 112 Å². The van der Waals surface area contributed by atoms with E-state index in [-0.39, 0.29) is 72.8 Å². The van der Waals surface area contributed by atoms with Crippen molar-refractivity contribution in [1.29, 1.82) is 0 Å². The second kappa shape index (κ2) is 19.1. The summed E-state index contributed by atoms with van der Waals surface area (Å²) in [7, 11) is 5.05. The first-order chi connectivity index (χ1) is 25.1. The van der Waals surface area contributed by atoms with Crippen molar-refractivity contribution in [3.63, 3.8) is 0 Å². The standard InChI is InChI=1S/C40H57FN4O7S/c1-23(2)34(45(7)39(49)31(28-12-13-28)20-35(47)33-11-9-10-14-44(33)6)21-36(52-26(5)46)38-43-32(22-53-38)37(48)42-30(17-25(4)40(50)51-8)19-27-15-24(3)16-29(41)18-27/h15-16,18,22-23,25,28,30-31,33-34,36H,9-14,17,19-21H2,1-8H3,(H,42,48)/t25-,30+,31-,33+,34+,36+/m0/s1. The molecule has 13 heteroatoms. The number of nitrogens with zero attached hydrogens (tertiary/aromatic N) is 3. The number of piperidine rings is 1. The number of carbonyl (C=O) groups is 5. The van der Waals surface area contributed by atoms with Gasteiger partial charge >= 0.3 is 11.9 Å². The number of ether oxygens (including phenoxy) is 2. The number of methoxy groups -OCH3 is 1. The van der Waals surface area contributed by atoms with Gasteiger partial charge in [-0.1, -0.05) is 33.3 Å². The molecule has 11 nitrogen and oxygen atoms in total. The van der Waals surface area contributed by atoms with Gasteiger partial charge < -0.3 is 19.7 Å². The van der Waals surface area contributed by atoms with Crippen molar-refractivity contribution >= 4 is 40.9 Å². The van der Waals surface area contributed by atoms with Crippen LogP contribution in [0.4, 0.5) is 4.39 Å². The number of benzene rings is 1. The highest BCUT2D eigenvalue weighted by Crippen LogP contribution is 2.41. The van der Waals surface area contributed by atoms with Crippen LogP contribution in [0.15, 0.2) is 23.6 Å². The lowest BCUT2D eigenvalue weighted by atomic mass is 9.88. The average molecular weight is 757 g/mol. The summed E-state index contributed by atoms with van der Waals surface area (Å²) in [6.07, 6.45) is 4.94. The van der Waals surface area contributed by atoms with Gasteiger partial charge in [0, 0.05) is 50.2 Å². The number of aryl methyl sites for hydroxylation is 1. The molecule has 2 aliphatic rings. The predicted octanol–water partition coefficient (Wildman–Crippen LogP) is 6.08. The van der Waals surface area contributed by atoms with E-state index in [1.165, 1.54) is 37.5 Å². The number of likely N-dealkylation sites (N-methyl/N-ethyl adjacent to an activating group) is 1. The lowest BCUT2D eigenvalue weighted by Crippen LogP contribution is -2.47. The minimum absolute atomic E-state index is 0.0196. The largest absolute Gasteiger partial charge is 0.469 e. The van der Waals surface area contributed by atoms with Crippen LogP contribution in [0.3, 0.4) is 0 Å². The zero-order valence-electron chi connectivity index (χ0n) is 32.5. The molecular formula is C40H57FN4O7S. The number of rotatable bonds is 18. The van der Waals surface area contributed by atoms with Gasteiger partial charge in [0.05, 0.1) is 19.1 Å². The van der Waals surface area contributed by atoms with E-state index in [2.05, 4.69) is 15.2 Å². The Hall–Kier alpha value is -3.71. The molecule has 292 valence electrons. The van der Waals surface area contributed by atoms with E-state index >= 15 is 0 Å². The maximum Gasteiger partial charge on any atom is 0.308 e. The number of hydrogen-bond acceptors (Lipinski definition) is 10. The number of amides is 2. The van der Waals surface area contributed by atoms with Gasteiger partial charge in [-0.2, -0.15) is 0 Å². The Bertz CT molecular complexity index is 1590. The van der Waals surface area contributed by atoms with E-state index < -0.39 is 41.8 Å². The molecule has 0 radical (unpaired) electrons. The SMILES string of the molecule is COC(=O)[C@@H](C)C[C@H](Cc1cc(C)cc(F)c1)NC(=O)c1csc([C@@H](C[C@H](C(C)C)N(C)C(=O)[C@@H](CC(=O)[C@H]2CCCCN2C)C2CC2)OC(C)=O)n1. The summed E-state index contributed by atoms with van der Waals surface area (Å²) < 4.78 is 24.9. The smallest absolute Gasteiger partial charge is 0.308 e. The fraction of sp³-hybridized carbons (Fsp3) is 0.650. The van der Waals surface area contributed by atoms with Crippen LogP contribution in [-0.2, 0) is 35.1 Å². The first-order valence-corrected chi connectivity index (χ1v) is 19.7. The van der Waals surface area contributed by atoms with Gasteiger partial charge in [0.15, 0.2) is 11.9 Å². The fourth-order valence-corrected chi connectivity index (χ4v) is 8.48. The minimum Gasteiger partial charge on any atom is -0.469 e. The van der Waals surface area contributed by atoms with Gasteiger partial charge in [0.1, 0.15) is 16.5 Å². The molecule has 0 unspecified atom stereocenters. The Morgan fingerprint density at radius 2 is 1.79 bits per heavy atom. The number of ketones is 1. The lowest BCUT2D eigenvalue weighted by Gasteiger charge is -2.36. The lowest BCUT2D eigenvalue weighted by molar-refractivity contribution is -0.149. The van der Waals surface area contributed by atoms with Gasteiger partial charge in [0.2, 0.25) is 5.91 Å². The summed E-state index contributed by atoms with van der Waals surface area (Å²) in [5, 5.41) is 4.97. The summed E-state index contributed by atoms with van der Waals surface area (Å²) in [5.41, 5.74) is 1.52. The van der Waals surface area contributed by atoms with Gasteiger partial charge in [-0.15, -0.1) is 11.3 Å². The molecule has 0 bridgehead atoms. The maximum absolute atomic E-state index is 14.2. The molecule has 2 heterocycles. The van der Waals surface area contributed by atoms with Crippen molar-refractivity contribution in [1.82, 2.24) is 20.1 Å². The average Bonchev–Trinajstić information content (AvgIpc) is 3.81. The van der Waals surface area contributed by atoms with Crippen molar-refractivity contribution in [2.45, 2.75) is 117 Å². The number of aromatic nitrogens is 1. The Kier molecular flexibility index (Phi) is 15.1. The van der Waals surface area contributed by atoms with Crippen molar-refractivity contribution in [3.05, 3.63) is 51.2 Å². The zero-order chi connectivity index (χ0) is 39.0. The number of likely N-dealkylation sites (tertiary alicyclic amines) is 1. The summed E-state index contributed by atoms with van der Waals surface area (Å²) in [4.78, 5) is 74.3. The van der Waals surface area contributed by atoms with E-state index in [1.807, 2.05) is 27.0 Å². The molecule has 1 N–H and O–H groups in total. The normalized spacial score (nSPS) is 19.1. The number of halogens is 1. The highest BCUT2D eigenvalue weighted by molar-refractivity contribution is 7.09. The highest BCUT2D eigenvalue weighted by Gasteiger charge is 2.42. The molecular weight excluding hydrogens is 700 g/mol. The van der Waals surface area contributed by atoms with E-state index in [0.717, 1.165) is 44.2 Å². The van der Waals surface area contributed by atoms with Crippen molar-refractivity contribution in [2.75, 3.05) is 27.7 Å². The van der Waals surface area contributed by atoms with Crippen molar-refractivity contribution in [2.24, 2.45) is 23.7 Å². The number of carbonyl (C=O) groups excluding carboxylic acids is 5. The number of hydrogen-bond donors (Lipinski definition) is 1. The van der Waals surface area contributed by atoms with Crippen molar-refractivity contribution < 1.29 is 37.8 Å². The molecule has 2 fully saturated rings. The molecule has 1 aliphatic carbocycles. The summed E-state index contributed by atoms with van der Waals surface area (Å²) >= 11 is 1.18. The third kappa shape index (κ3) is 11.9. The third-order valence-electron chi connectivity index (χ3n) is 10.6. The number of nitrogens with one attached hydrogen (secondary N) is 1. The van der Waals surface area contributed by atoms with E-state index in [9.17, 15) is 28.4 Å². The van der Waals surface area contributed by atoms with Gasteiger partial charge in [0.25, 0.3) is 5.91 Å². The Morgan fingerprint density at radius 1 is 1.08 bits per heavy atom. The van der Waals surface area contributed by atoms with Crippen LogP contribution in [0.25, 0.3) is 0 Å². The molecule has 6 atom stereocenters. The molecule has 1 saturated carbocycles. The number of Topliss-reactive ketones (excluding diaryl/α,β-unsaturated/α-hetero) is 1. The van der Waals surface area contributed by atoms with E-state index in [0.29, 0.717) is 10.6 Å². The monoisotopic (exact) mass is 756 g/mol. The van der Waals surface area contributed by atoms with E-state index in [4.69, 9.17) is 9.47 Å². The summed E-state index contributed by atoms with van der Waals surface area (Å²) in [5.74, 6) is -2.51. The molecule has 1 aromatic heterocycles. The third-order valence-corrected chi connectivity index (χ3v) is 11.6. The van der Waals surface area contributed by atoms with Crippen LogP contribution in [0.2, 0.25) is 0 Å². The Balaban J connectivity index is 1.50. The van der Waals surface area contributed by atoms with Crippen molar-refractivity contribution in [3.8, 4) is 0 Å². The summed E-state index contributed by atoms with van der Waals surface area (Å²) in [6.45, 7) is 9.70. The van der Waals surface area contributed by atoms with Crippen LogP contribution in [0, 0.1) is 36.4 Å². The molecule has 0 spiro atoms. The molecule has 1 aliphatic heterocycles. The van der Waals surface area contributed by atoms with Crippen LogP contribution in [-0.4, -0.2) is 90.2 Å². The fourth-order valence-electron chi connectivity index (χ4n) is 7.64. The van der Waals surface area contributed by atoms with Gasteiger partial charge in [-0.25, -0.2) is 9.37 Å². The van der Waals surface area contributed by atoms with Crippen LogP contribution < -0.4 is 5.32 Å². The maximum atomic E-state index is 14.2. The van der Waals surface area contributed by atoms with E-state index in [1.54, 1.807) is 31.2 Å². The molecule has 53 heavy (non-hydrogen) atoms. The van der Waals surface area contributed by atoms with Gasteiger partial charge in [-0.3, -0.25) is 28.9 Å². The molecule has 2 amide bonds. The zero-order valence-corrected chi connectivity index (χ0v) is 33.3. The topological polar surface area (TPSA) is 135 Å². The van der Waals surface area contributed by atoms with Crippen LogP contribution in [0.5, 0.6) is 0 Å². The molecule has 1 aromatic carbocycles. The molecule has 4 rings (SSSR count). The second-order valence-corrected chi connectivity index (χ2v) is 16.3. The minimum atomic E-state index is -0.830. The first kappa shape index (κ1) is 42.0. The Morgan fingerprint density at radius 3 is 2.40 bits per heavy atom. The second-order valence-electron chi connectivity index (χ2n) is 15.4. The molecule has 1 saturated heterocycles.